The van der Waals surface area contributed by atoms with Gasteiger partial charge in [-0.1, -0.05) is 13.0 Å². The van der Waals surface area contributed by atoms with Crippen LogP contribution in [0, 0.1) is 0 Å². The van der Waals surface area contributed by atoms with Gasteiger partial charge in [0.1, 0.15) is 17.2 Å². The summed E-state index contributed by atoms with van der Waals surface area (Å²) in [5.41, 5.74) is -0.906. The third-order valence-corrected chi connectivity index (χ3v) is 4.62. The standard InChI is InChI=1S/C18H25N5O2/c1-2-15-20-9-12-22(15)10-6-17(24)21-13-18(25)7-11-23(14-18)16-5-3-4-8-19-16/h3-5,8-9,12,25H,2,6-7,10-11,13-14H2,1H3,(H,21,24). The van der Waals surface area contributed by atoms with Gasteiger partial charge in [0.15, 0.2) is 0 Å². The van der Waals surface area contributed by atoms with Crippen LogP contribution in [0.4, 0.5) is 5.82 Å². The highest BCUT2D eigenvalue weighted by Crippen LogP contribution is 2.24. The quantitative estimate of drug-likeness (QED) is 0.783. The second-order valence-corrected chi connectivity index (χ2v) is 6.50. The van der Waals surface area contributed by atoms with Crippen LogP contribution < -0.4 is 10.2 Å². The Morgan fingerprint density at radius 2 is 2.24 bits per heavy atom. The van der Waals surface area contributed by atoms with Crippen LogP contribution in [0.2, 0.25) is 0 Å². The highest BCUT2D eigenvalue weighted by atomic mass is 16.3. The molecule has 7 nitrogen and oxygen atoms in total. The topological polar surface area (TPSA) is 83.3 Å². The fourth-order valence-corrected chi connectivity index (χ4v) is 3.17. The molecule has 1 saturated heterocycles. The Morgan fingerprint density at radius 1 is 1.36 bits per heavy atom. The second kappa shape index (κ2) is 7.65. The van der Waals surface area contributed by atoms with Gasteiger partial charge >= 0.3 is 0 Å². The molecule has 1 unspecified atom stereocenters. The van der Waals surface area contributed by atoms with Crippen molar-refractivity contribution in [3.05, 3.63) is 42.6 Å². The molecule has 1 amide bonds. The number of hydrogen-bond donors (Lipinski definition) is 2. The van der Waals surface area contributed by atoms with Crippen LogP contribution in [0.1, 0.15) is 25.6 Å². The lowest BCUT2D eigenvalue weighted by molar-refractivity contribution is -0.122. The van der Waals surface area contributed by atoms with E-state index in [0.717, 1.165) is 24.6 Å². The summed E-state index contributed by atoms with van der Waals surface area (Å²) < 4.78 is 1.99. The van der Waals surface area contributed by atoms with Crippen molar-refractivity contribution in [2.24, 2.45) is 0 Å². The zero-order chi connectivity index (χ0) is 17.7. The van der Waals surface area contributed by atoms with Gasteiger partial charge in [0, 0.05) is 57.6 Å². The van der Waals surface area contributed by atoms with Gasteiger partial charge in [0.25, 0.3) is 0 Å². The van der Waals surface area contributed by atoms with Crippen molar-refractivity contribution < 1.29 is 9.90 Å². The molecule has 1 atom stereocenters. The minimum atomic E-state index is -0.906. The maximum atomic E-state index is 12.1. The number of rotatable bonds is 7. The average molecular weight is 343 g/mol. The van der Waals surface area contributed by atoms with Gasteiger partial charge in [-0.3, -0.25) is 4.79 Å². The van der Waals surface area contributed by atoms with Gasteiger partial charge in [0.05, 0.1) is 0 Å². The Morgan fingerprint density at radius 3 is 3.00 bits per heavy atom. The van der Waals surface area contributed by atoms with E-state index in [1.165, 1.54) is 0 Å². The van der Waals surface area contributed by atoms with E-state index in [0.29, 0.717) is 25.9 Å². The first-order valence-corrected chi connectivity index (χ1v) is 8.75. The molecular formula is C18H25N5O2. The number of carbonyl (C=O) groups excluding carboxylic acids is 1. The molecule has 134 valence electrons. The molecule has 0 bridgehead atoms. The van der Waals surface area contributed by atoms with E-state index in [9.17, 15) is 9.90 Å². The Balaban J connectivity index is 1.45. The second-order valence-electron chi connectivity index (χ2n) is 6.50. The highest BCUT2D eigenvalue weighted by molar-refractivity contribution is 5.75. The molecule has 1 aliphatic rings. The number of anilines is 1. The third kappa shape index (κ3) is 4.36. The Labute approximate surface area is 147 Å². The van der Waals surface area contributed by atoms with E-state index in [1.807, 2.05) is 40.8 Å². The van der Waals surface area contributed by atoms with Crippen LogP contribution in [-0.4, -0.2) is 50.8 Å². The fraction of sp³-hybridized carbons (Fsp3) is 0.500. The van der Waals surface area contributed by atoms with Crippen molar-refractivity contribution in [3.8, 4) is 0 Å². The number of nitrogens with one attached hydrogen (secondary N) is 1. The molecule has 0 radical (unpaired) electrons. The molecule has 2 aromatic rings. The van der Waals surface area contributed by atoms with Crippen LogP contribution in [0.5, 0.6) is 0 Å². The van der Waals surface area contributed by atoms with Crippen molar-refractivity contribution in [1.82, 2.24) is 19.9 Å². The van der Waals surface area contributed by atoms with E-state index < -0.39 is 5.60 Å². The number of nitrogens with zero attached hydrogens (tertiary/aromatic N) is 4. The SMILES string of the molecule is CCc1nccn1CCC(=O)NCC1(O)CCN(c2ccccn2)C1. The Hall–Kier alpha value is -2.41. The van der Waals surface area contributed by atoms with E-state index in [-0.39, 0.29) is 12.5 Å². The number of β-amino-alcohol motifs (C(OH)–C–C–N with tert-alkyl or cyclic N) is 1. The summed E-state index contributed by atoms with van der Waals surface area (Å²) in [6.45, 7) is 4.12. The number of aryl methyl sites for hydroxylation is 2. The van der Waals surface area contributed by atoms with E-state index in [2.05, 4.69) is 15.3 Å². The monoisotopic (exact) mass is 343 g/mol. The predicted molar refractivity (Wildman–Crippen MR) is 95.2 cm³/mol. The molecule has 1 fully saturated rings. The summed E-state index contributed by atoms with van der Waals surface area (Å²) in [5, 5.41) is 13.6. The first-order valence-electron chi connectivity index (χ1n) is 8.75. The van der Waals surface area contributed by atoms with E-state index >= 15 is 0 Å². The normalized spacial score (nSPS) is 20.0. The Bertz CT molecular complexity index is 703. The summed E-state index contributed by atoms with van der Waals surface area (Å²) in [6, 6.07) is 5.74. The predicted octanol–water partition coefficient (Wildman–Crippen LogP) is 0.988. The molecule has 0 aliphatic carbocycles. The van der Waals surface area contributed by atoms with Crippen molar-refractivity contribution in [3.63, 3.8) is 0 Å². The van der Waals surface area contributed by atoms with Crippen LogP contribution in [0.25, 0.3) is 0 Å². The minimum absolute atomic E-state index is 0.0551. The molecule has 0 aromatic carbocycles. The van der Waals surface area contributed by atoms with Crippen LogP contribution in [-0.2, 0) is 17.8 Å². The smallest absolute Gasteiger partial charge is 0.221 e. The lowest BCUT2D eigenvalue weighted by Crippen LogP contribution is -2.45. The fourth-order valence-electron chi connectivity index (χ4n) is 3.17. The minimum Gasteiger partial charge on any atom is -0.386 e. The van der Waals surface area contributed by atoms with Crippen LogP contribution in [0.15, 0.2) is 36.8 Å². The summed E-state index contributed by atoms with van der Waals surface area (Å²) in [4.78, 5) is 22.7. The molecule has 3 rings (SSSR count). The molecule has 1 aliphatic heterocycles. The number of hydrogen-bond acceptors (Lipinski definition) is 5. The molecule has 2 N–H and O–H groups in total. The number of amides is 1. The number of imidazole rings is 1. The van der Waals surface area contributed by atoms with Gasteiger partial charge in [-0.05, 0) is 18.6 Å². The first-order chi connectivity index (χ1) is 12.1. The molecule has 2 aromatic heterocycles. The van der Waals surface area contributed by atoms with Gasteiger partial charge in [-0.15, -0.1) is 0 Å². The molecule has 3 heterocycles. The summed E-state index contributed by atoms with van der Waals surface area (Å²) in [7, 11) is 0. The van der Waals surface area contributed by atoms with Gasteiger partial charge in [-0.25, -0.2) is 9.97 Å². The zero-order valence-corrected chi connectivity index (χ0v) is 14.6. The van der Waals surface area contributed by atoms with Crippen molar-refractivity contribution in [2.75, 3.05) is 24.5 Å². The van der Waals surface area contributed by atoms with Gasteiger partial charge in [-0.2, -0.15) is 0 Å². The number of carbonyl (C=O) groups is 1. The maximum absolute atomic E-state index is 12.1. The van der Waals surface area contributed by atoms with Crippen LogP contribution in [0.3, 0.4) is 0 Å². The molecular weight excluding hydrogens is 318 g/mol. The van der Waals surface area contributed by atoms with Gasteiger partial charge < -0.3 is 19.9 Å². The van der Waals surface area contributed by atoms with E-state index in [4.69, 9.17) is 0 Å². The van der Waals surface area contributed by atoms with Crippen molar-refractivity contribution in [2.45, 2.75) is 38.3 Å². The van der Waals surface area contributed by atoms with E-state index in [1.54, 1.807) is 12.4 Å². The van der Waals surface area contributed by atoms with Crippen molar-refractivity contribution in [1.29, 1.82) is 0 Å². The molecule has 25 heavy (non-hydrogen) atoms. The van der Waals surface area contributed by atoms with Gasteiger partial charge in [0.2, 0.25) is 5.91 Å². The number of aromatic nitrogens is 3. The lowest BCUT2D eigenvalue weighted by atomic mass is 10.0. The third-order valence-electron chi connectivity index (χ3n) is 4.62. The summed E-state index contributed by atoms with van der Waals surface area (Å²) >= 11 is 0. The lowest BCUT2D eigenvalue weighted by Gasteiger charge is -2.24. The summed E-state index contributed by atoms with van der Waals surface area (Å²) in [5.74, 6) is 1.78. The number of pyridine rings is 1. The molecule has 7 heteroatoms. The Kier molecular flexibility index (Phi) is 5.33. The molecule has 0 spiro atoms. The zero-order valence-electron chi connectivity index (χ0n) is 14.6. The largest absolute Gasteiger partial charge is 0.386 e. The van der Waals surface area contributed by atoms with Crippen LogP contribution >= 0.6 is 0 Å². The maximum Gasteiger partial charge on any atom is 0.221 e. The number of aliphatic hydroxyl groups is 1. The highest BCUT2D eigenvalue weighted by Gasteiger charge is 2.36. The average Bonchev–Trinajstić information content (AvgIpc) is 3.26. The summed E-state index contributed by atoms with van der Waals surface area (Å²) in [6.07, 6.45) is 7.23. The van der Waals surface area contributed by atoms with Crippen molar-refractivity contribution >= 4 is 11.7 Å². The molecule has 0 saturated carbocycles. The first kappa shape index (κ1) is 17.4.